The Morgan fingerprint density at radius 1 is 1.11 bits per heavy atom. The Labute approximate surface area is 158 Å². The first-order chi connectivity index (χ1) is 13.0. The molecule has 0 unspecified atom stereocenters. The van der Waals surface area contributed by atoms with Gasteiger partial charge in [-0.15, -0.1) is 0 Å². The molecule has 8 nitrogen and oxygen atoms in total. The second-order valence-corrected chi connectivity index (χ2v) is 6.79. The van der Waals surface area contributed by atoms with Gasteiger partial charge in [0, 0.05) is 37.7 Å². The molecule has 0 spiro atoms. The van der Waals surface area contributed by atoms with Gasteiger partial charge in [-0.05, 0) is 30.3 Å². The highest BCUT2D eigenvalue weighted by Gasteiger charge is 2.23. The first-order valence-corrected chi connectivity index (χ1v) is 9.00. The minimum absolute atomic E-state index is 0.0268. The largest absolute Gasteiger partial charge is 0.345 e. The zero-order chi connectivity index (χ0) is 19.2. The molecule has 1 saturated heterocycles. The van der Waals surface area contributed by atoms with E-state index in [1.807, 2.05) is 0 Å². The molecule has 1 fully saturated rings. The highest BCUT2D eigenvalue weighted by Crippen LogP contribution is 2.10. The molecule has 1 aliphatic rings. The monoisotopic (exact) mass is 369 g/mol. The summed E-state index contributed by atoms with van der Waals surface area (Å²) >= 11 is 0. The third kappa shape index (κ3) is 5.01. The van der Waals surface area contributed by atoms with E-state index < -0.39 is 0 Å². The van der Waals surface area contributed by atoms with E-state index in [0.29, 0.717) is 17.8 Å². The van der Waals surface area contributed by atoms with E-state index in [-0.39, 0.29) is 11.8 Å². The van der Waals surface area contributed by atoms with Crippen LogP contribution >= 0.6 is 0 Å². The van der Waals surface area contributed by atoms with Crippen LogP contribution in [0.4, 0.5) is 11.6 Å². The zero-order valence-electron chi connectivity index (χ0n) is 15.7. The summed E-state index contributed by atoms with van der Waals surface area (Å²) < 4.78 is 0. The lowest BCUT2D eigenvalue weighted by atomic mass is 10.2. The van der Waals surface area contributed by atoms with Gasteiger partial charge in [0.15, 0.2) is 6.54 Å². The summed E-state index contributed by atoms with van der Waals surface area (Å²) in [5.41, 5.74) is 1.30. The Bertz CT molecular complexity index is 771. The first-order valence-electron chi connectivity index (χ1n) is 9.00. The number of hydrogen-bond acceptors (Lipinski definition) is 5. The van der Waals surface area contributed by atoms with Crippen molar-refractivity contribution in [3.63, 3.8) is 0 Å². The van der Waals surface area contributed by atoms with E-state index in [4.69, 9.17) is 0 Å². The maximum absolute atomic E-state index is 12.3. The second-order valence-electron chi connectivity index (χ2n) is 6.79. The summed E-state index contributed by atoms with van der Waals surface area (Å²) in [5, 5.41) is 2.90. The molecule has 0 saturated carbocycles. The van der Waals surface area contributed by atoms with Crippen molar-refractivity contribution in [2.24, 2.45) is 0 Å². The van der Waals surface area contributed by atoms with Crippen LogP contribution in [0.25, 0.3) is 0 Å². The van der Waals surface area contributed by atoms with Crippen molar-refractivity contribution in [2.75, 3.05) is 57.0 Å². The molecule has 142 valence electrons. The van der Waals surface area contributed by atoms with Crippen molar-refractivity contribution in [1.29, 1.82) is 0 Å². The molecule has 0 atom stereocenters. The van der Waals surface area contributed by atoms with Crippen molar-refractivity contribution in [3.05, 3.63) is 48.3 Å². The number of benzene rings is 1. The van der Waals surface area contributed by atoms with Crippen LogP contribution in [0.15, 0.2) is 42.7 Å². The fourth-order valence-corrected chi connectivity index (χ4v) is 3.04. The lowest BCUT2D eigenvalue weighted by molar-refractivity contribution is -0.892. The molecule has 2 heterocycles. The number of nitrogens with one attached hydrogen (secondary N) is 2. The van der Waals surface area contributed by atoms with Gasteiger partial charge in [0.1, 0.15) is 0 Å². The molecule has 1 aromatic carbocycles. The quantitative estimate of drug-likeness (QED) is 0.744. The summed E-state index contributed by atoms with van der Waals surface area (Å²) in [5.74, 6) is 0.659. The summed E-state index contributed by atoms with van der Waals surface area (Å²) in [6.45, 7) is 3.80. The topological polar surface area (TPSA) is 82.9 Å². The molecule has 2 N–H and O–H groups in total. The number of carbonyl (C=O) groups excluding carboxylic acids is 2. The molecule has 2 aromatic rings. The van der Waals surface area contributed by atoms with E-state index >= 15 is 0 Å². The third-order valence-electron chi connectivity index (χ3n) is 4.54. The molecule has 27 heavy (non-hydrogen) atoms. The molecule has 2 amide bonds. The summed E-state index contributed by atoms with van der Waals surface area (Å²) in [4.78, 5) is 37.7. The number of amides is 2. The second kappa shape index (κ2) is 8.59. The standard InChI is InChI=1S/C19H24N6O2/c1-23(2)18(27)15-4-6-16(7-5-15)22-17(26)14-24-10-12-25(13-11-24)19-20-8-3-9-21-19/h3-9H,10-14H2,1-2H3,(H,22,26)/p+1. The van der Waals surface area contributed by atoms with Crippen molar-refractivity contribution in [1.82, 2.24) is 14.9 Å². The van der Waals surface area contributed by atoms with E-state index in [1.165, 1.54) is 9.80 Å². The van der Waals surface area contributed by atoms with Gasteiger partial charge in [-0.2, -0.15) is 0 Å². The summed E-state index contributed by atoms with van der Waals surface area (Å²) in [6.07, 6.45) is 3.48. The number of rotatable bonds is 5. The first kappa shape index (κ1) is 18.8. The fraction of sp³-hybridized carbons (Fsp3) is 0.368. The van der Waals surface area contributed by atoms with Gasteiger partial charge in [0.25, 0.3) is 11.8 Å². The number of hydrogen-bond donors (Lipinski definition) is 2. The average molecular weight is 369 g/mol. The van der Waals surface area contributed by atoms with Crippen molar-refractivity contribution in [3.8, 4) is 0 Å². The number of nitrogens with zero attached hydrogens (tertiary/aromatic N) is 4. The summed E-state index contributed by atoms with van der Waals surface area (Å²) in [7, 11) is 3.43. The number of piperazine rings is 1. The molecule has 0 aliphatic carbocycles. The Kier molecular flexibility index (Phi) is 5.97. The molecule has 8 heteroatoms. The van der Waals surface area contributed by atoms with Crippen LogP contribution in [-0.4, -0.2) is 73.5 Å². The van der Waals surface area contributed by atoms with Crippen LogP contribution in [0.3, 0.4) is 0 Å². The molecular formula is C19H25N6O2+. The van der Waals surface area contributed by atoms with Gasteiger partial charge >= 0.3 is 0 Å². The Morgan fingerprint density at radius 2 is 1.74 bits per heavy atom. The molecule has 1 aliphatic heterocycles. The van der Waals surface area contributed by atoms with Gasteiger partial charge in [0.2, 0.25) is 5.95 Å². The Hall–Kier alpha value is -3.00. The minimum Gasteiger partial charge on any atom is -0.345 e. The number of aromatic nitrogens is 2. The van der Waals surface area contributed by atoms with Crippen LogP contribution in [0.2, 0.25) is 0 Å². The number of quaternary nitrogens is 1. The maximum Gasteiger partial charge on any atom is 0.279 e. The Morgan fingerprint density at radius 3 is 2.33 bits per heavy atom. The van der Waals surface area contributed by atoms with E-state index in [9.17, 15) is 9.59 Å². The van der Waals surface area contributed by atoms with Gasteiger partial charge in [0.05, 0.1) is 26.2 Å². The molecule has 0 bridgehead atoms. The van der Waals surface area contributed by atoms with Crippen molar-refractivity contribution in [2.45, 2.75) is 0 Å². The molecule has 0 radical (unpaired) electrons. The minimum atomic E-state index is -0.0578. The van der Waals surface area contributed by atoms with E-state index in [0.717, 1.165) is 32.1 Å². The van der Waals surface area contributed by atoms with Crippen LogP contribution in [0, 0.1) is 0 Å². The fourth-order valence-electron chi connectivity index (χ4n) is 3.04. The zero-order valence-corrected chi connectivity index (χ0v) is 15.7. The maximum atomic E-state index is 12.3. The normalized spacial score (nSPS) is 14.7. The number of carbonyl (C=O) groups is 2. The molecular weight excluding hydrogens is 344 g/mol. The Balaban J connectivity index is 1.47. The highest BCUT2D eigenvalue weighted by atomic mass is 16.2. The predicted molar refractivity (Wildman–Crippen MR) is 103 cm³/mol. The smallest absolute Gasteiger partial charge is 0.279 e. The van der Waals surface area contributed by atoms with Crippen molar-refractivity contribution >= 4 is 23.5 Å². The van der Waals surface area contributed by atoms with Crippen LogP contribution in [0.1, 0.15) is 10.4 Å². The lowest BCUT2D eigenvalue weighted by Crippen LogP contribution is -3.15. The van der Waals surface area contributed by atoms with Gasteiger partial charge in [-0.3, -0.25) is 9.59 Å². The van der Waals surface area contributed by atoms with Crippen molar-refractivity contribution < 1.29 is 14.5 Å². The SMILES string of the molecule is CN(C)C(=O)c1ccc(NC(=O)C[NH+]2CCN(c3ncccn3)CC2)cc1. The van der Waals surface area contributed by atoms with Crippen LogP contribution in [-0.2, 0) is 4.79 Å². The van der Waals surface area contributed by atoms with Crippen LogP contribution < -0.4 is 15.1 Å². The van der Waals surface area contributed by atoms with E-state index in [1.54, 1.807) is 56.8 Å². The lowest BCUT2D eigenvalue weighted by Gasteiger charge is -2.31. The van der Waals surface area contributed by atoms with Gasteiger partial charge < -0.3 is 20.0 Å². The van der Waals surface area contributed by atoms with E-state index in [2.05, 4.69) is 20.2 Å². The van der Waals surface area contributed by atoms with Crippen LogP contribution in [0.5, 0.6) is 0 Å². The van der Waals surface area contributed by atoms with Gasteiger partial charge in [-0.25, -0.2) is 9.97 Å². The highest BCUT2D eigenvalue weighted by molar-refractivity contribution is 5.95. The molecule has 3 rings (SSSR count). The number of anilines is 2. The molecule has 1 aromatic heterocycles. The summed E-state index contributed by atoms with van der Waals surface area (Å²) in [6, 6.07) is 8.77. The predicted octanol–water partition coefficient (Wildman–Crippen LogP) is -0.478. The third-order valence-corrected chi connectivity index (χ3v) is 4.54. The average Bonchev–Trinajstić information content (AvgIpc) is 2.69. The van der Waals surface area contributed by atoms with Gasteiger partial charge in [-0.1, -0.05) is 0 Å².